The number of aromatic nitrogens is 3. The highest BCUT2D eigenvalue weighted by molar-refractivity contribution is 5.91. The average molecular weight is 443 g/mol. The lowest BCUT2D eigenvalue weighted by Gasteiger charge is -2.34. The number of benzene rings is 2. The zero-order valence-corrected chi connectivity index (χ0v) is 18.5. The van der Waals surface area contributed by atoms with Crippen LogP contribution in [0.25, 0.3) is 16.9 Å². The number of hydrogen-bond donors (Lipinski definition) is 1. The van der Waals surface area contributed by atoms with Crippen LogP contribution in [0.5, 0.6) is 5.75 Å². The molecule has 1 aliphatic rings. The lowest BCUT2D eigenvalue weighted by Crippen LogP contribution is -2.49. The van der Waals surface area contributed by atoms with Crippen LogP contribution in [-0.4, -0.2) is 63.7 Å². The number of nitrogens with one attached hydrogen (secondary N) is 1. The number of rotatable bonds is 5. The molecule has 0 saturated carbocycles. The van der Waals surface area contributed by atoms with Crippen LogP contribution in [0.2, 0.25) is 0 Å². The number of carbonyl (C=O) groups excluding carboxylic acids is 1. The first-order valence-corrected chi connectivity index (χ1v) is 11.0. The molecule has 0 spiro atoms. The van der Waals surface area contributed by atoms with Gasteiger partial charge in [-0.05, 0) is 36.4 Å². The van der Waals surface area contributed by atoms with E-state index < -0.39 is 0 Å². The number of hydrogen-bond acceptors (Lipinski definition) is 5. The Kier molecular flexibility index (Phi) is 5.91. The normalized spacial score (nSPS) is 14.4. The number of pyridine rings is 1. The van der Waals surface area contributed by atoms with Crippen LogP contribution in [0.4, 0.5) is 10.5 Å². The summed E-state index contributed by atoms with van der Waals surface area (Å²) in [5.74, 6) is 1.60. The van der Waals surface area contributed by atoms with Crippen molar-refractivity contribution >= 4 is 22.9 Å². The number of carbonyl (C=O) groups is 1. The van der Waals surface area contributed by atoms with Gasteiger partial charge in [-0.2, -0.15) is 0 Å². The third-order valence-electron chi connectivity index (χ3n) is 5.87. The van der Waals surface area contributed by atoms with Crippen LogP contribution in [0.15, 0.2) is 72.9 Å². The van der Waals surface area contributed by atoms with Gasteiger partial charge in [-0.25, -0.2) is 14.8 Å². The minimum Gasteiger partial charge on any atom is -0.495 e. The lowest BCUT2D eigenvalue weighted by molar-refractivity contribution is 0.140. The van der Waals surface area contributed by atoms with E-state index in [0.717, 1.165) is 35.8 Å². The predicted molar refractivity (Wildman–Crippen MR) is 128 cm³/mol. The van der Waals surface area contributed by atoms with Gasteiger partial charge in [0.1, 0.15) is 17.1 Å². The molecule has 0 atom stereocenters. The maximum absolute atomic E-state index is 12.8. The molecule has 5 rings (SSSR count). The average Bonchev–Trinajstić information content (AvgIpc) is 3.23. The monoisotopic (exact) mass is 442 g/mol. The van der Waals surface area contributed by atoms with Crippen LogP contribution in [-0.2, 0) is 6.54 Å². The van der Waals surface area contributed by atoms with Crippen molar-refractivity contribution in [1.82, 2.24) is 24.3 Å². The number of para-hydroxylation sites is 3. The molecule has 8 nitrogen and oxygen atoms in total. The van der Waals surface area contributed by atoms with Crippen molar-refractivity contribution in [3.63, 3.8) is 0 Å². The van der Waals surface area contributed by atoms with Gasteiger partial charge in [-0.1, -0.05) is 30.3 Å². The maximum Gasteiger partial charge on any atom is 0.322 e. The van der Waals surface area contributed by atoms with Crippen molar-refractivity contribution < 1.29 is 9.53 Å². The molecule has 4 aromatic rings. The number of anilines is 1. The molecule has 0 aliphatic carbocycles. The molecule has 0 radical (unpaired) electrons. The number of nitrogens with zero attached hydrogens (tertiary/aromatic N) is 5. The summed E-state index contributed by atoms with van der Waals surface area (Å²) in [6.45, 7) is 3.51. The summed E-state index contributed by atoms with van der Waals surface area (Å²) in [5, 5.41) is 2.96. The van der Waals surface area contributed by atoms with E-state index in [1.54, 1.807) is 13.3 Å². The summed E-state index contributed by atoms with van der Waals surface area (Å²) < 4.78 is 7.45. The maximum atomic E-state index is 12.8. The molecule has 3 heterocycles. The van der Waals surface area contributed by atoms with E-state index in [1.165, 1.54) is 0 Å². The molecule has 1 fully saturated rings. The zero-order chi connectivity index (χ0) is 22.6. The highest BCUT2D eigenvalue weighted by Crippen LogP contribution is 2.24. The van der Waals surface area contributed by atoms with Crippen molar-refractivity contribution in [1.29, 1.82) is 0 Å². The number of ether oxygens (including phenoxy) is 1. The van der Waals surface area contributed by atoms with Gasteiger partial charge in [0.2, 0.25) is 0 Å². The SMILES string of the molecule is COc1ccccc1NC(=O)N1CCN(Cc2nc3cccnc3n2-c2ccccc2)CC1. The van der Waals surface area contributed by atoms with Gasteiger partial charge >= 0.3 is 6.03 Å². The van der Waals surface area contributed by atoms with Gasteiger partial charge in [-0.15, -0.1) is 0 Å². The van der Waals surface area contributed by atoms with Gasteiger partial charge in [0.25, 0.3) is 0 Å². The Bertz CT molecular complexity index is 1250. The van der Waals surface area contributed by atoms with Gasteiger partial charge in [0.05, 0.1) is 19.3 Å². The van der Waals surface area contributed by atoms with Crippen molar-refractivity contribution in [3.05, 3.63) is 78.8 Å². The molecule has 2 aromatic carbocycles. The second-order valence-corrected chi connectivity index (χ2v) is 7.94. The number of urea groups is 1. The van der Waals surface area contributed by atoms with Crippen molar-refractivity contribution in [2.75, 3.05) is 38.6 Å². The quantitative estimate of drug-likeness (QED) is 0.509. The third-order valence-corrected chi connectivity index (χ3v) is 5.87. The first-order valence-electron chi connectivity index (χ1n) is 11.0. The summed E-state index contributed by atoms with van der Waals surface area (Å²) >= 11 is 0. The van der Waals surface area contributed by atoms with Crippen molar-refractivity contribution in [2.45, 2.75) is 6.54 Å². The second kappa shape index (κ2) is 9.30. The van der Waals surface area contributed by atoms with E-state index in [0.29, 0.717) is 31.1 Å². The summed E-state index contributed by atoms with van der Waals surface area (Å²) in [6.07, 6.45) is 1.80. The lowest BCUT2D eigenvalue weighted by atomic mass is 10.3. The van der Waals surface area contributed by atoms with Gasteiger partial charge in [-0.3, -0.25) is 9.47 Å². The minimum atomic E-state index is -0.111. The van der Waals surface area contributed by atoms with E-state index in [9.17, 15) is 4.79 Å². The number of fused-ring (bicyclic) bond motifs is 1. The van der Waals surface area contributed by atoms with E-state index in [4.69, 9.17) is 9.72 Å². The fraction of sp³-hybridized carbons (Fsp3) is 0.240. The molecule has 168 valence electrons. The van der Waals surface area contributed by atoms with Gasteiger partial charge in [0.15, 0.2) is 5.65 Å². The molecular formula is C25H26N6O2. The Balaban J connectivity index is 1.28. The summed E-state index contributed by atoms with van der Waals surface area (Å²) in [4.78, 5) is 26.4. The van der Waals surface area contributed by atoms with Crippen molar-refractivity contribution in [3.8, 4) is 11.4 Å². The van der Waals surface area contributed by atoms with E-state index in [2.05, 4.69) is 31.9 Å². The van der Waals surface area contributed by atoms with E-state index >= 15 is 0 Å². The predicted octanol–water partition coefficient (Wildman–Crippen LogP) is 3.78. The Labute approximate surface area is 192 Å². The third kappa shape index (κ3) is 4.38. The number of imidazole rings is 1. The molecule has 2 aromatic heterocycles. The van der Waals surface area contributed by atoms with E-state index in [-0.39, 0.29) is 6.03 Å². The van der Waals surface area contributed by atoms with Crippen LogP contribution in [0, 0.1) is 0 Å². The van der Waals surface area contributed by atoms with Crippen molar-refractivity contribution in [2.24, 2.45) is 0 Å². The molecule has 8 heteroatoms. The Morgan fingerprint density at radius 3 is 2.52 bits per heavy atom. The van der Waals surface area contributed by atoms with Crippen LogP contribution in [0.3, 0.4) is 0 Å². The molecule has 1 saturated heterocycles. The van der Waals surface area contributed by atoms with E-state index in [1.807, 2.05) is 59.5 Å². The van der Waals surface area contributed by atoms with Gasteiger partial charge in [0, 0.05) is 38.1 Å². The molecule has 0 bridgehead atoms. The minimum absolute atomic E-state index is 0.111. The summed E-state index contributed by atoms with van der Waals surface area (Å²) in [6, 6.07) is 21.4. The molecule has 1 aliphatic heterocycles. The standard InChI is InChI=1S/C25H26N6O2/c1-33-22-12-6-5-10-20(22)28-25(32)30-16-14-29(15-17-30)18-23-27-21-11-7-13-26-24(21)31(23)19-8-3-2-4-9-19/h2-13H,14-18H2,1H3,(H,28,32). The zero-order valence-electron chi connectivity index (χ0n) is 18.5. The van der Waals surface area contributed by atoms with Crippen LogP contribution >= 0.6 is 0 Å². The number of methoxy groups -OCH3 is 1. The first-order chi connectivity index (χ1) is 16.2. The highest BCUT2D eigenvalue weighted by atomic mass is 16.5. The number of amides is 2. The van der Waals surface area contributed by atoms with Crippen LogP contribution < -0.4 is 10.1 Å². The fourth-order valence-corrected chi connectivity index (χ4v) is 4.17. The largest absolute Gasteiger partial charge is 0.495 e. The Morgan fingerprint density at radius 1 is 0.970 bits per heavy atom. The Hall–Kier alpha value is -3.91. The number of piperazine rings is 1. The molecule has 1 N–H and O–H groups in total. The fourth-order valence-electron chi connectivity index (χ4n) is 4.17. The molecular weight excluding hydrogens is 416 g/mol. The topological polar surface area (TPSA) is 75.5 Å². The molecule has 33 heavy (non-hydrogen) atoms. The Morgan fingerprint density at radius 2 is 1.73 bits per heavy atom. The van der Waals surface area contributed by atoms with Gasteiger partial charge < -0.3 is 15.0 Å². The summed E-state index contributed by atoms with van der Waals surface area (Å²) in [7, 11) is 1.60. The first kappa shape index (κ1) is 21.0. The highest BCUT2D eigenvalue weighted by Gasteiger charge is 2.24. The smallest absolute Gasteiger partial charge is 0.322 e. The molecule has 2 amide bonds. The van der Waals surface area contributed by atoms with Crippen LogP contribution in [0.1, 0.15) is 5.82 Å². The summed E-state index contributed by atoms with van der Waals surface area (Å²) in [5.41, 5.74) is 3.46. The second-order valence-electron chi connectivity index (χ2n) is 7.94. The molecule has 0 unspecified atom stereocenters.